The molecule has 0 unspecified atom stereocenters. The van der Waals surface area contributed by atoms with Gasteiger partial charge in [0, 0.05) is 22.0 Å². The van der Waals surface area contributed by atoms with E-state index in [0.29, 0.717) is 33.5 Å². The molecule has 5 heteroatoms. The maximum absolute atomic E-state index is 13.4. The van der Waals surface area contributed by atoms with Gasteiger partial charge in [0.05, 0.1) is 10.7 Å². The van der Waals surface area contributed by atoms with Crippen molar-refractivity contribution in [1.29, 1.82) is 0 Å². The minimum Gasteiger partial charge on any atom is -0.354 e. The van der Waals surface area contributed by atoms with Gasteiger partial charge in [-0.2, -0.15) is 0 Å². The Morgan fingerprint density at radius 1 is 1.05 bits per heavy atom. The van der Waals surface area contributed by atoms with E-state index in [9.17, 15) is 13.6 Å². The fourth-order valence-corrected chi connectivity index (χ4v) is 2.42. The summed E-state index contributed by atoms with van der Waals surface area (Å²) in [6.45, 7) is 0. The summed E-state index contributed by atoms with van der Waals surface area (Å²) in [5.74, 6) is -0.914. The van der Waals surface area contributed by atoms with E-state index in [-0.39, 0.29) is 5.56 Å². The molecule has 3 aromatic rings. The van der Waals surface area contributed by atoms with Crippen molar-refractivity contribution in [2.45, 2.75) is 0 Å². The molecule has 0 aliphatic rings. The molecular weight excluding hydrogens is 284 g/mol. The lowest BCUT2D eigenvalue weighted by molar-refractivity contribution is 0.112. The summed E-state index contributed by atoms with van der Waals surface area (Å²) in [5, 5.41) is 0.747. The molecule has 3 rings (SSSR count). The Kier molecular flexibility index (Phi) is 3.03. The lowest BCUT2D eigenvalue weighted by Crippen LogP contribution is -1.87. The van der Waals surface area contributed by atoms with Gasteiger partial charge in [-0.25, -0.2) is 8.78 Å². The van der Waals surface area contributed by atoms with E-state index in [1.807, 2.05) is 0 Å². The molecular formula is C15H8ClF2NO. The maximum atomic E-state index is 13.4. The molecule has 0 aliphatic heterocycles. The molecule has 2 aromatic carbocycles. The molecule has 0 aliphatic carbocycles. The standard InChI is InChI=1S/C15H8ClF2NO/c16-13-3-1-8(17)6-11(13)15-12(7-20)10-5-9(18)2-4-14(10)19-15/h1-7,19H. The highest BCUT2D eigenvalue weighted by Crippen LogP contribution is 2.34. The molecule has 1 aromatic heterocycles. The van der Waals surface area contributed by atoms with Crippen LogP contribution in [-0.4, -0.2) is 11.3 Å². The second-order valence-electron chi connectivity index (χ2n) is 4.35. The first-order valence-corrected chi connectivity index (χ1v) is 6.20. The number of fused-ring (bicyclic) bond motifs is 1. The third-order valence-electron chi connectivity index (χ3n) is 3.12. The van der Waals surface area contributed by atoms with E-state index in [1.165, 1.54) is 36.4 Å². The van der Waals surface area contributed by atoms with Gasteiger partial charge >= 0.3 is 0 Å². The fourth-order valence-electron chi connectivity index (χ4n) is 2.21. The van der Waals surface area contributed by atoms with Crippen molar-refractivity contribution >= 4 is 28.8 Å². The van der Waals surface area contributed by atoms with E-state index in [1.54, 1.807) is 0 Å². The van der Waals surface area contributed by atoms with Gasteiger partial charge in [-0.3, -0.25) is 4.79 Å². The molecule has 0 radical (unpaired) electrons. The van der Waals surface area contributed by atoms with Crippen LogP contribution >= 0.6 is 11.6 Å². The third-order valence-corrected chi connectivity index (χ3v) is 3.45. The Bertz CT molecular complexity index is 826. The highest BCUT2D eigenvalue weighted by molar-refractivity contribution is 6.33. The van der Waals surface area contributed by atoms with Crippen LogP contribution < -0.4 is 0 Å². The van der Waals surface area contributed by atoms with Crippen molar-refractivity contribution in [3.05, 3.63) is 58.6 Å². The molecule has 0 spiro atoms. The molecule has 20 heavy (non-hydrogen) atoms. The highest BCUT2D eigenvalue weighted by Gasteiger charge is 2.16. The van der Waals surface area contributed by atoms with Gasteiger partial charge in [-0.1, -0.05) is 11.6 Å². The van der Waals surface area contributed by atoms with Gasteiger partial charge in [0.15, 0.2) is 6.29 Å². The number of aromatic amines is 1. The van der Waals surface area contributed by atoms with Gasteiger partial charge in [0.1, 0.15) is 11.6 Å². The topological polar surface area (TPSA) is 32.9 Å². The zero-order chi connectivity index (χ0) is 14.3. The van der Waals surface area contributed by atoms with Gasteiger partial charge in [-0.15, -0.1) is 0 Å². The molecule has 0 fully saturated rings. The molecule has 1 N–H and O–H groups in total. The van der Waals surface area contributed by atoms with Crippen LogP contribution in [0.25, 0.3) is 22.2 Å². The highest BCUT2D eigenvalue weighted by atomic mass is 35.5. The number of hydrogen-bond acceptors (Lipinski definition) is 1. The largest absolute Gasteiger partial charge is 0.354 e. The second kappa shape index (κ2) is 4.72. The monoisotopic (exact) mass is 291 g/mol. The van der Waals surface area contributed by atoms with Crippen LogP contribution in [0.5, 0.6) is 0 Å². The first-order valence-electron chi connectivity index (χ1n) is 5.82. The number of aldehydes is 1. The summed E-state index contributed by atoms with van der Waals surface area (Å²) in [5.41, 5.74) is 1.59. The molecule has 100 valence electrons. The summed E-state index contributed by atoms with van der Waals surface area (Å²) in [6.07, 6.45) is 0.606. The molecule has 0 bridgehead atoms. The normalized spacial score (nSPS) is 10.9. The van der Waals surface area contributed by atoms with Crippen LogP contribution in [0, 0.1) is 11.6 Å². The zero-order valence-electron chi connectivity index (χ0n) is 10.1. The summed E-state index contributed by atoms with van der Waals surface area (Å²) < 4.78 is 26.7. The number of halogens is 3. The van der Waals surface area contributed by atoms with Gasteiger partial charge in [0.25, 0.3) is 0 Å². The van der Waals surface area contributed by atoms with Crippen molar-refractivity contribution in [2.75, 3.05) is 0 Å². The van der Waals surface area contributed by atoms with E-state index in [2.05, 4.69) is 4.98 Å². The van der Waals surface area contributed by atoms with Crippen molar-refractivity contribution in [1.82, 2.24) is 4.98 Å². The molecule has 0 amide bonds. The summed E-state index contributed by atoms with van der Waals surface area (Å²) in [6, 6.07) is 7.93. The first kappa shape index (κ1) is 12.8. The number of benzene rings is 2. The van der Waals surface area contributed by atoms with E-state index in [0.717, 1.165) is 0 Å². The number of nitrogens with one attached hydrogen (secondary N) is 1. The lowest BCUT2D eigenvalue weighted by Gasteiger charge is -2.03. The Balaban J connectivity index is 2.36. The number of carbonyl (C=O) groups is 1. The van der Waals surface area contributed by atoms with Crippen LogP contribution in [0.1, 0.15) is 10.4 Å². The van der Waals surface area contributed by atoms with Crippen molar-refractivity contribution < 1.29 is 13.6 Å². The van der Waals surface area contributed by atoms with Gasteiger partial charge < -0.3 is 4.98 Å². The Hall–Kier alpha value is -2.20. The third kappa shape index (κ3) is 1.98. The van der Waals surface area contributed by atoms with Gasteiger partial charge in [-0.05, 0) is 36.4 Å². The van der Waals surface area contributed by atoms with Crippen LogP contribution in [0.2, 0.25) is 5.02 Å². The van der Waals surface area contributed by atoms with Crippen LogP contribution in [-0.2, 0) is 0 Å². The SMILES string of the molecule is O=Cc1c(-c2cc(F)ccc2Cl)[nH]c2ccc(F)cc12. The summed E-state index contributed by atoms with van der Waals surface area (Å²) in [7, 11) is 0. The first-order chi connectivity index (χ1) is 9.60. The van der Waals surface area contributed by atoms with E-state index >= 15 is 0 Å². The van der Waals surface area contributed by atoms with Crippen molar-refractivity contribution in [3.8, 4) is 11.3 Å². The second-order valence-corrected chi connectivity index (χ2v) is 4.75. The Labute approximate surface area is 118 Å². The fraction of sp³-hybridized carbons (Fsp3) is 0. The predicted octanol–water partition coefficient (Wildman–Crippen LogP) is 4.58. The molecule has 1 heterocycles. The molecule has 2 nitrogen and oxygen atoms in total. The molecule has 0 saturated heterocycles. The Morgan fingerprint density at radius 3 is 2.50 bits per heavy atom. The molecule has 0 atom stereocenters. The number of carbonyl (C=O) groups excluding carboxylic acids is 1. The average molecular weight is 292 g/mol. The summed E-state index contributed by atoms with van der Waals surface area (Å²) >= 11 is 6.04. The van der Waals surface area contributed by atoms with Crippen molar-refractivity contribution in [2.24, 2.45) is 0 Å². The zero-order valence-corrected chi connectivity index (χ0v) is 10.8. The average Bonchev–Trinajstić information content (AvgIpc) is 2.79. The van der Waals surface area contributed by atoms with E-state index in [4.69, 9.17) is 11.6 Å². The molecule has 0 saturated carbocycles. The number of aromatic nitrogens is 1. The smallest absolute Gasteiger partial charge is 0.152 e. The maximum Gasteiger partial charge on any atom is 0.152 e. The minimum absolute atomic E-state index is 0.256. The quantitative estimate of drug-likeness (QED) is 0.689. The number of H-pyrrole nitrogens is 1. The van der Waals surface area contributed by atoms with E-state index < -0.39 is 11.6 Å². The Morgan fingerprint density at radius 2 is 1.75 bits per heavy atom. The van der Waals surface area contributed by atoms with Crippen LogP contribution in [0.4, 0.5) is 8.78 Å². The van der Waals surface area contributed by atoms with Gasteiger partial charge in [0.2, 0.25) is 0 Å². The lowest BCUT2D eigenvalue weighted by atomic mass is 10.1. The van der Waals surface area contributed by atoms with Crippen molar-refractivity contribution in [3.63, 3.8) is 0 Å². The number of hydrogen-bond donors (Lipinski definition) is 1. The minimum atomic E-state index is -0.467. The van der Waals surface area contributed by atoms with Crippen LogP contribution in [0.15, 0.2) is 36.4 Å². The predicted molar refractivity (Wildman–Crippen MR) is 74.0 cm³/mol. The number of rotatable bonds is 2. The van der Waals surface area contributed by atoms with Crippen LogP contribution in [0.3, 0.4) is 0 Å². The summed E-state index contributed by atoms with van der Waals surface area (Å²) in [4.78, 5) is 14.3.